The van der Waals surface area contributed by atoms with Crippen molar-refractivity contribution in [2.24, 2.45) is 0 Å². The fraction of sp³-hybridized carbons (Fsp3) is 0.455. The van der Waals surface area contributed by atoms with Crippen molar-refractivity contribution in [3.05, 3.63) is 28.2 Å². The van der Waals surface area contributed by atoms with Crippen LogP contribution in [0, 0.1) is 0 Å². The summed E-state index contributed by atoms with van der Waals surface area (Å²) in [4.78, 5) is 0. The van der Waals surface area contributed by atoms with Gasteiger partial charge in [-0.3, -0.25) is 4.39 Å². The van der Waals surface area contributed by atoms with E-state index in [-0.39, 0.29) is 12.6 Å². The van der Waals surface area contributed by atoms with Gasteiger partial charge < -0.3 is 4.74 Å². The largest absolute Gasteiger partial charge is 0.493 e. The molecule has 3 heteroatoms. The van der Waals surface area contributed by atoms with Crippen LogP contribution in [-0.4, -0.2) is 13.3 Å². The first kappa shape index (κ1) is 11.5. The van der Waals surface area contributed by atoms with Gasteiger partial charge in [0.1, 0.15) is 5.75 Å². The molecule has 0 heterocycles. The van der Waals surface area contributed by atoms with Crippen molar-refractivity contribution in [2.75, 3.05) is 13.3 Å². The maximum Gasteiger partial charge on any atom is 0.133 e. The van der Waals surface area contributed by atoms with Gasteiger partial charge in [-0.1, -0.05) is 19.1 Å². The first-order valence-corrected chi connectivity index (χ1v) is 5.47. The van der Waals surface area contributed by atoms with E-state index >= 15 is 0 Å². The monoisotopic (exact) mass is 260 g/mol. The predicted octanol–water partition coefficient (Wildman–Crippen LogP) is 3.92. The quantitative estimate of drug-likeness (QED) is 0.798. The van der Waals surface area contributed by atoms with E-state index in [0.29, 0.717) is 6.61 Å². The molecular formula is C11H14BrFO. The van der Waals surface area contributed by atoms with Crippen molar-refractivity contribution in [2.45, 2.75) is 19.8 Å². The molecule has 1 aromatic carbocycles. The minimum absolute atomic E-state index is 0.0928. The molecule has 0 spiro atoms. The molecule has 0 bridgehead atoms. The summed E-state index contributed by atoms with van der Waals surface area (Å²) in [6.07, 6.45) is 0. The molecule has 0 N–H and O–H groups in total. The van der Waals surface area contributed by atoms with Crippen molar-refractivity contribution < 1.29 is 9.13 Å². The average molecular weight is 261 g/mol. The number of rotatable bonds is 4. The molecule has 14 heavy (non-hydrogen) atoms. The van der Waals surface area contributed by atoms with E-state index in [1.165, 1.54) is 0 Å². The Labute approximate surface area is 92.4 Å². The molecule has 1 unspecified atom stereocenters. The number of alkyl halides is 1. The Hall–Kier alpha value is -0.570. The molecule has 1 aromatic rings. The summed E-state index contributed by atoms with van der Waals surface area (Å²) >= 11 is 3.43. The van der Waals surface area contributed by atoms with E-state index in [1.807, 2.05) is 32.0 Å². The molecule has 0 amide bonds. The van der Waals surface area contributed by atoms with E-state index < -0.39 is 0 Å². The predicted molar refractivity (Wildman–Crippen MR) is 59.7 cm³/mol. The Morgan fingerprint density at radius 2 is 2.21 bits per heavy atom. The van der Waals surface area contributed by atoms with Crippen LogP contribution in [0.1, 0.15) is 25.3 Å². The van der Waals surface area contributed by atoms with Gasteiger partial charge in [-0.05, 0) is 34.5 Å². The molecule has 1 atom stereocenters. The van der Waals surface area contributed by atoms with Crippen LogP contribution < -0.4 is 4.74 Å². The minimum atomic E-state index is -0.353. The maximum atomic E-state index is 12.5. The molecule has 0 aliphatic rings. The van der Waals surface area contributed by atoms with Crippen LogP contribution in [0.15, 0.2) is 22.7 Å². The van der Waals surface area contributed by atoms with Crippen molar-refractivity contribution >= 4 is 15.9 Å². The van der Waals surface area contributed by atoms with Crippen LogP contribution >= 0.6 is 15.9 Å². The van der Waals surface area contributed by atoms with Crippen LogP contribution in [0.2, 0.25) is 0 Å². The Morgan fingerprint density at radius 1 is 1.50 bits per heavy atom. The Morgan fingerprint density at radius 3 is 2.79 bits per heavy atom. The number of halogens is 2. The van der Waals surface area contributed by atoms with Gasteiger partial charge in [0.25, 0.3) is 0 Å². The van der Waals surface area contributed by atoms with Gasteiger partial charge in [-0.25, -0.2) is 0 Å². The third-order valence-corrected chi connectivity index (χ3v) is 2.90. The zero-order valence-electron chi connectivity index (χ0n) is 8.39. The summed E-state index contributed by atoms with van der Waals surface area (Å²) in [6, 6.07) is 5.68. The normalized spacial score (nSPS) is 12.6. The first-order valence-electron chi connectivity index (χ1n) is 4.67. The molecular weight excluding hydrogens is 247 g/mol. The van der Waals surface area contributed by atoms with Gasteiger partial charge in [-0.15, -0.1) is 0 Å². The fourth-order valence-electron chi connectivity index (χ4n) is 1.26. The second kappa shape index (κ2) is 5.35. The standard InChI is InChI=1S/C11H14BrFO/c1-3-14-10-6-4-5-9(11(10)12)8(2)7-13/h4-6,8H,3,7H2,1-2H3. The van der Waals surface area contributed by atoms with Crippen LogP contribution in [0.4, 0.5) is 4.39 Å². The van der Waals surface area contributed by atoms with Crippen molar-refractivity contribution in [1.29, 1.82) is 0 Å². The van der Waals surface area contributed by atoms with Crippen LogP contribution in [-0.2, 0) is 0 Å². The first-order chi connectivity index (χ1) is 6.70. The minimum Gasteiger partial charge on any atom is -0.493 e. The number of hydrogen-bond acceptors (Lipinski definition) is 1. The average Bonchev–Trinajstić information content (AvgIpc) is 2.20. The van der Waals surface area contributed by atoms with Crippen LogP contribution in [0.25, 0.3) is 0 Å². The third-order valence-electron chi connectivity index (χ3n) is 2.06. The van der Waals surface area contributed by atoms with E-state index in [1.54, 1.807) is 0 Å². The highest BCUT2D eigenvalue weighted by atomic mass is 79.9. The van der Waals surface area contributed by atoms with E-state index in [4.69, 9.17) is 4.74 Å². The summed E-state index contributed by atoms with van der Waals surface area (Å²) in [6.45, 7) is 4.05. The molecule has 0 fully saturated rings. The van der Waals surface area contributed by atoms with Crippen LogP contribution in [0.5, 0.6) is 5.75 Å². The zero-order chi connectivity index (χ0) is 10.6. The number of ether oxygens (including phenoxy) is 1. The van der Waals surface area contributed by atoms with Crippen LogP contribution in [0.3, 0.4) is 0 Å². The Kier molecular flexibility index (Phi) is 4.39. The molecule has 0 radical (unpaired) electrons. The Balaban J connectivity index is 3.00. The van der Waals surface area contributed by atoms with Crippen molar-refractivity contribution in [3.8, 4) is 5.75 Å². The maximum absolute atomic E-state index is 12.5. The second-order valence-electron chi connectivity index (χ2n) is 3.15. The van der Waals surface area contributed by atoms with Gasteiger partial charge in [0.15, 0.2) is 0 Å². The third kappa shape index (κ3) is 2.47. The van der Waals surface area contributed by atoms with E-state index in [2.05, 4.69) is 15.9 Å². The highest BCUT2D eigenvalue weighted by Crippen LogP contribution is 2.33. The summed E-state index contributed by atoms with van der Waals surface area (Å²) in [5.74, 6) is 0.690. The summed E-state index contributed by atoms with van der Waals surface area (Å²) < 4.78 is 18.8. The molecule has 0 aliphatic carbocycles. The topological polar surface area (TPSA) is 9.23 Å². The SMILES string of the molecule is CCOc1cccc(C(C)CF)c1Br. The highest BCUT2D eigenvalue weighted by Gasteiger charge is 2.12. The van der Waals surface area contributed by atoms with Crippen molar-refractivity contribution in [1.82, 2.24) is 0 Å². The van der Waals surface area contributed by atoms with Gasteiger partial charge in [-0.2, -0.15) is 0 Å². The molecule has 0 aromatic heterocycles. The van der Waals surface area contributed by atoms with E-state index in [9.17, 15) is 4.39 Å². The summed E-state index contributed by atoms with van der Waals surface area (Å²) in [5.41, 5.74) is 0.957. The second-order valence-corrected chi connectivity index (χ2v) is 3.94. The molecule has 0 saturated carbocycles. The summed E-state index contributed by atoms with van der Waals surface area (Å²) in [5, 5.41) is 0. The molecule has 0 saturated heterocycles. The van der Waals surface area contributed by atoms with Gasteiger partial charge in [0.05, 0.1) is 17.8 Å². The lowest BCUT2D eigenvalue weighted by molar-refractivity contribution is 0.337. The molecule has 0 aliphatic heterocycles. The Bertz CT molecular complexity index is 301. The fourth-order valence-corrected chi connectivity index (χ4v) is 2.03. The lowest BCUT2D eigenvalue weighted by Crippen LogP contribution is -1.99. The lowest BCUT2D eigenvalue weighted by atomic mass is 10.0. The highest BCUT2D eigenvalue weighted by molar-refractivity contribution is 9.10. The molecule has 1 nitrogen and oxygen atoms in total. The molecule has 78 valence electrons. The summed E-state index contributed by atoms with van der Waals surface area (Å²) in [7, 11) is 0. The zero-order valence-corrected chi connectivity index (χ0v) is 9.97. The number of hydrogen-bond donors (Lipinski definition) is 0. The van der Waals surface area contributed by atoms with Gasteiger partial charge >= 0.3 is 0 Å². The van der Waals surface area contributed by atoms with E-state index in [0.717, 1.165) is 15.8 Å². The smallest absolute Gasteiger partial charge is 0.133 e. The number of benzene rings is 1. The van der Waals surface area contributed by atoms with Gasteiger partial charge in [0.2, 0.25) is 0 Å². The lowest BCUT2D eigenvalue weighted by Gasteiger charge is -2.13. The van der Waals surface area contributed by atoms with Crippen molar-refractivity contribution in [3.63, 3.8) is 0 Å². The molecule has 1 rings (SSSR count). The van der Waals surface area contributed by atoms with Gasteiger partial charge in [0, 0.05) is 5.92 Å².